The van der Waals surface area contributed by atoms with Crippen molar-refractivity contribution in [2.24, 2.45) is 5.73 Å². The minimum Gasteiger partial charge on any atom is -0.457 e. The van der Waals surface area contributed by atoms with E-state index in [4.69, 9.17) is 10.5 Å². The molecule has 0 unspecified atom stereocenters. The van der Waals surface area contributed by atoms with Gasteiger partial charge in [-0.05, 0) is 42.8 Å². The van der Waals surface area contributed by atoms with Crippen LogP contribution in [0.4, 0.5) is 5.69 Å². The van der Waals surface area contributed by atoms with Gasteiger partial charge < -0.3 is 15.4 Å². The largest absolute Gasteiger partial charge is 0.457 e. The zero-order valence-corrected chi connectivity index (χ0v) is 10.8. The SMILES string of the molecule is N[C@@H]1CCN(c2ccc(Oc3ccccc3)cc2)C1. The number of nitrogens with zero attached hydrogens (tertiary/aromatic N) is 1. The number of rotatable bonds is 3. The highest BCUT2D eigenvalue weighted by atomic mass is 16.5. The first-order chi connectivity index (χ1) is 9.31. The maximum atomic E-state index is 5.93. The zero-order chi connectivity index (χ0) is 13.1. The van der Waals surface area contributed by atoms with Crippen molar-refractivity contribution >= 4 is 5.69 Å². The molecule has 0 radical (unpaired) electrons. The van der Waals surface area contributed by atoms with Crippen LogP contribution in [0.25, 0.3) is 0 Å². The van der Waals surface area contributed by atoms with E-state index >= 15 is 0 Å². The van der Waals surface area contributed by atoms with Crippen LogP contribution in [0.15, 0.2) is 54.6 Å². The molecule has 0 aliphatic carbocycles. The summed E-state index contributed by atoms with van der Waals surface area (Å²) in [5.41, 5.74) is 7.14. The van der Waals surface area contributed by atoms with E-state index in [1.54, 1.807) is 0 Å². The molecule has 0 spiro atoms. The van der Waals surface area contributed by atoms with Crippen LogP contribution in [0.5, 0.6) is 11.5 Å². The van der Waals surface area contributed by atoms with Crippen molar-refractivity contribution in [1.29, 1.82) is 0 Å². The van der Waals surface area contributed by atoms with E-state index in [0.717, 1.165) is 31.0 Å². The van der Waals surface area contributed by atoms with E-state index in [-0.39, 0.29) is 0 Å². The van der Waals surface area contributed by atoms with Crippen molar-refractivity contribution in [3.8, 4) is 11.5 Å². The van der Waals surface area contributed by atoms with Gasteiger partial charge in [0.15, 0.2) is 0 Å². The predicted octanol–water partition coefficient (Wildman–Crippen LogP) is 3.02. The molecule has 2 N–H and O–H groups in total. The molecule has 0 aromatic heterocycles. The summed E-state index contributed by atoms with van der Waals surface area (Å²) in [6.07, 6.45) is 1.07. The minimum absolute atomic E-state index is 0.306. The van der Waals surface area contributed by atoms with E-state index in [1.807, 2.05) is 42.5 Å². The lowest BCUT2D eigenvalue weighted by atomic mass is 10.2. The van der Waals surface area contributed by atoms with Crippen LogP contribution >= 0.6 is 0 Å². The van der Waals surface area contributed by atoms with Crippen LogP contribution in [0.1, 0.15) is 6.42 Å². The van der Waals surface area contributed by atoms with Gasteiger partial charge in [0, 0.05) is 24.8 Å². The van der Waals surface area contributed by atoms with Crippen LogP contribution < -0.4 is 15.4 Å². The fourth-order valence-electron chi connectivity index (χ4n) is 2.37. The Morgan fingerprint density at radius 3 is 2.26 bits per heavy atom. The number of ether oxygens (including phenoxy) is 1. The molecule has 98 valence electrons. The maximum Gasteiger partial charge on any atom is 0.127 e. The van der Waals surface area contributed by atoms with Crippen LogP contribution in [-0.2, 0) is 0 Å². The zero-order valence-electron chi connectivity index (χ0n) is 10.8. The maximum absolute atomic E-state index is 5.93. The van der Waals surface area contributed by atoms with E-state index in [1.165, 1.54) is 5.69 Å². The Bertz CT molecular complexity index is 524. The van der Waals surface area contributed by atoms with Crippen molar-refractivity contribution in [3.05, 3.63) is 54.6 Å². The van der Waals surface area contributed by atoms with Gasteiger partial charge in [-0.15, -0.1) is 0 Å². The van der Waals surface area contributed by atoms with Crippen molar-refractivity contribution in [2.45, 2.75) is 12.5 Å². The second-order valence-electron chi connectivity index (χ2n) is 4.90. The summed E-state index contributed by atoms with van der Waals surface area (Å²) in [5.74, 6) is 1.72. The Balaban J connectivity index is 1.69. The molecule has 3 nitrogen and oxygen atoms in total. The van der Waals surface area contributed by atoms with Crippen LogP contribution in [0.3, 0.4) is 0 Å². The molecule has 1 atom stereocenters. The minimum atomic E-state index is 0.306. The van der Waals surface area contributed by atoms with Crippen molar-refractivity contribution < 1.29 is 4.74 Å². The van der Waals surface area contributed by atoms with E-state index in [2.05, 4.69) is 17.0 Å². The van der Waals surface area contributed by atoms with Crippen LogP contribution in [0.2, 0.25) is 0 Å². The molecule has 3 heteroatoms. The summed E-state index contributed by atoms with van der Waals surface area (Å²) in [6.45, 7) is 1.99. The summed E-state index contributed by atoms with van der Waals surface area (Å²) in [6, 6.07) is 18.3. The third-order valence-electron chi connectivity index (χ3n) is 3.41. The lowest BCUT2D eigenvalue weighted by Gasteiger charge is -2.18. The molecule has 3 rings (SSSR count). The lowest BCUT2D eigenvalue weighted by Crippen LogP contribution is -2.26. The highest BCUT2D eigenvalue weighted by molar-refractivity contribution is 5.50. The Kier molecular flexibility index (Phi) is 3.38. The van der Waals surface area contributed by atoms with Crippen molar-refractivity contribution in [2.75, 3.05) is 18.0 Å². The van der Waals surface area contributed by atoms with Crippen molar-refractivity contribution in [3.63, 3.8) is 0 Å². The molecule has 2 aromatic rings. The van der Waals surface area contributed by atoms with Gasteiger partial charge in [0.2, 0.25) is 0 Å². The molecule has 1 heterocycles. The topological polar surface area (TPSA) is 38.5 Å². The van der Waals surface area contributed by atoms with Gasteiger partial charge in [0.05, 0.1) is 0 Å². The summed E-state index contributed by atoms with van der Waals surface area (Å²) in [5, 5.41) is 0. The molecule has 1 fully saturated rings. The second-order valence-corrected chi connectivity index (χ2v) is 4.90. The average Bonchev–Trinajstić information content (AvgIpc) is 2.87. The number of nitrogens with two attached hydrogens (primary N) is 1. The molecule has 1 aliphatic rings. The lowest BCUT2D eigenvalue weighted by molar-refractivity contribution is 0.482. The Labute approximate surface area is 113 Å². The third kappa shape index (κ3) is 2.88. The Morgan fingerprint density at radius 2 is 1.63 bits per heavy atom. The summed E-state index contributed by atoms with van der Waals surface area (Å²) < 4.78 is 5.77. The van der Waals surface area contributed by atoms with Gasteiger partial charge in [0.25, 0.3) is 0 Å². The van der Waals surface area contributed by atoms with E-state index in [9.17, 15) is 0 Å². The Hall–Kier alpha value is -2.00. The Morgan fingerprint density at radius 1 is 0.947 bits per heavy atom. The monoisotopic (exact) mass is 254 g/mol. The van der Waals surface area contributed by atoms with Crippen LogP contribution in [0, 0.1) is 0 Å². The summed E-state index contributed by atoms with van der Waals surface area (Å²) in [7, 11) is 0. The average molecular weight is 254 g/mol. The van der Waals surface area contributed by atoms with Gasteiger partial charge in [-0.3, -0.25) is 0 Å². The molecular weight excluding hydrogens is 236 g/mol. The number of para-hydroxylation sites is 1. The molecule has 1 aliphatic heterocycles. The molecule has 19 heavy (non-hydrogen) atoms. The van der Waals surface area contributed by atoms with Gasteiger partial charge in [0.1, 0.15) is 11.5 Å². The number of benzene rings is 2. The predicted molar refractivity (Wildman–Crippen MR) is 77.8 cm³/mol. The highest BCUT2D eigenvalue weighted by Crippen LogP contribution is 2.25. The molecule has 2 aromatic carbocycles. The fraction of sp³-hybridized carbons (Fsp3) is 0.250. The third-order valence-corrected chi connectivity index (χ3v) is 3.41. The summed E-state index contributed by atoms with van der Waals surface area (Å²) >= 11 is 0. The number of hydrogen-bond acceptors (Lipinski definition) is 3. The van der Waals surface area contributed by atoms with E-state index in [0.29, 0.717) is 6.04 Å². The van der Waals surface area contributed by atoms with Gasteiger partial charge >= 0.3 is 0 Å². The first-order valence-corrected chi connectivity index (χ1v) is 6.65. The first-order valence-electron chi connectivity index (χ1n) is 6.65. The van der Waals surface area contributed by atoms with E-state index < -0.39 is 0 Å². The fourth-order valence-corrected chi connectivity index (χ4v) is 2.37. The smallest absolute Gasteiger partial charge is 0.127 e. The quantitative estimate of drug-likeness (QED) is 0.915. The van der Waals surface area contributed by atoms with Gasteiger partial charge in [-0.1, -0.05) is 18.2 Å². The standard InChI is InChI=1S/C16H18N2O/c17-13-10-11-18(12-13)14-6-8-16(9-7-14)19-15-4-2-1-3-5-15/h1-9,13H,10-12,17H2/t13-/m1/s1. The number of anilines is 1. The second kappa shape index (κ2) is 5.33. The highest BCUT2D eigenvalue weighted by Gasteiger charge is 2.18. The summed E-state index contributed by atoms with van der Waals surface area (Å²) in [4.78, 5) is 2.32. The molecule has 0 bridgehead atoms. The first kappa shape index (κ1) is 12.1. The molecule has 0 amide bonds. The van der Waals surface area contributed by atoms with Gasteiger partial charge in [-0.25, -0.2) is 0 Å². The van der Waals surface area contributed by atoms with Gasteiger partial charge in [-0.2, -0.15) is 0 Å². The molecular formula is C16H18N2O. The normalized spacial score (nSPS) is 18.6. The molecule has 0 saturated carbocycles. The number of hydrogen-bond donors (Lipinski definition) is 1. The molecule has 1 saturated heterocycles. The van der Waals surface area contributed by atoms with Crippen LogP contribution in [-0.4, -0.2) is 19.1 Å². The van der Waals surface area contributed by atoms with Crippen molar-refractivity contribution in [1.82, 2.24) is 0 Å².